The number of aliphatic hydroxyl groups is 2. The smallest absolute Gasteiger partial charge is 0.305 e. The van der Waals surface area contributed by atoms with Gasteiger partial charge in [0.1, 0.15) is 0 Å². The summed E-state index contributed by atoms with van der Waals surface area (Å²) in [6.45, 7) is 4.93. The summed E-state index contributed by atoms with van der Waals surface area (Å²) >= 11 is 0. The number of hydrogen-bond donors (Lipinski definition) is 3. The highest BCUT2D eigenvalue weighted by Gasteiger charge is 2.18. The van der Waals surface area contributed by atoms with Crippen LogP contribution in [0.4, 0.5) is 0 Å². The van der Waals surface area contributed by atoms with Gasteiger partial charge in [-0.2, -0.15) is 0 Å². The van der Waals surface area contributed by atoms with Crippen molar-refractivity contribution in [3.8, 4) is 0 Å². The fourth-order valence-corrected chi connectivity index (χ4v) is 13.5. The van der Waals surface area contributed by atoms with Gasteiger partial charge in [0.2, 0.25) is 5.91 Å². The van der Waals surface area contributed by atoms with Crippen molar-refractivity contribution in [2.24, 2.45) is 0 Å². The monoisotopic (exact) mass is 1290 g/mol. The summed E-state index contributed by atoms with van der Waals surface area (Å²) in [7, 11) is 0. The van der Waals surface area contributed by atoms with Gasteiger partial charge in [-0.15, -0.1) is 0 Å². The molecule has 0 spiro atoms. The number of aliphatic hydroxyl groups excluding tert-OH is 2. The fourth-order valence-electron chi connectivity index (χ4n) is 13.5. The van der Waals surface area contributed by atoms with E-state index in [1.807, 2.05) is 6.08 Å². The SMILES string of the molecule is CCCCC/C=C\C/C=C\CCCCCCCCCCCC(=O)OCCCCCCCCCCCCCCCCCCCCCCCCCCCCCCCCCCCCCCCCCC(=O)NC(CO)C(O)/C=C/CCCCCCCCCCCCCCCCC. The number of unbranched alkanes of at least 4 members (excludes halogenated alkanes) is 65. The molecule has 92 heavy (non-hydrogen) atoms. The third-order valence-electron chi connectivity index (χ3n) is 19.9. The Morgan fingerprint density at radius 3 is 0.848 bits per heavy atom. The highest BCUT2D eigenvalue weighted by atomic mass is 16.5. The maximum Gasteiger partial charge on any atom is 0.305 e. The Bertz CT molecular complexity index is 1490. The number of amides is 1. The predicted octanol–water partition coefficient (Wildman–Crippen LogP) is 28.2. The molecule has 0 radical (unpaired) electrons. The van der Waals surface area contributed by atoms with Crippen LogP contribution < -0.4 is 5.32 Å². The second kappa shape index (κ2) is 81.5. The normalized spacial score (nSPS) is 12.6. The van der Waals surface area contributed by atoms with Crippen LogP contribution in [0, 0.1) is 0 Å². The molecule has 1 amide bonds. The Morgan fingerprint density at radius 2 is 0.543 bits per heavy atom. The molecule has 0 aliphatic rings. The van der Waals surface area contributed by atoms with Crippen LogP contribution in [0.3, 0.4) is 0 Å². The van der Waals surface area contributed by atoms with E-state index < -0.39 is 12.1 Å². The number of carbonyl (C=O) groups is 2. The van der Waals surface area contributed by atoms with E-state index in [1.54, 1.807) is 6.08 Å². The Balaban J connectivity index is 3.30. The lowest BCUT2D eigenvalue weighted by Crippen LogP contribution is -2.45. The first-order chi connectivity index (χ1) is 45.5. The minimum atomic E-state index is -0.840. The Kier molecular flexibility index (Phi) is 79.8. The second-order valence-electron chi connectivity index (χ2n) is 29.2. The van der Waals surface area contributed by atoms with Gasteiger partial charge in [-0.25, -0.2) is 0 Å². The van der Waals surface area contributed by atoms with Crippen LogP contribution >= 0.6 is 0 Å². The zero-order valence-corrected chi connectivity index (χ0v) is 62.6. The van der Waals surface area contributed by atoms with Gasteiger partial charge < -0.3 is 20.3 Å². The molecule has 6 heteroatoms. The molecule has 0 aromatic carbocycles. The van der Waals surface area contributed by atoms with Gasteiger partial charge >= 0.3 is 5.97 Å². The van der Waals surface area contributed by atoms with Crippen molar-refractivity contribution in [1.29, 1.82) is 0 Å². The maximum absolute atomic E-state index is 12.5. The van der Waals surface area contributed by atoms with Crippen LogP contribution in [0.15, 0.2) is 36.5 Å². The van der Waals surface area contributed by atoms with E-state index in [4.69, 9.17) is 4.74 Å². The quantitative estimate of drug-likeness (QED) is 0.0320. The maximum atomic E-state index is 12.5. The number of nitrogens with one attached hydrogen (secondary N) is 1. The van der Waals surface area contributed by atoms with E-state index >= 15 is 0 Å². The molecule has 3 N–H and O–H groups in total. The summed E-state index contributed by atoms with van der Waals surface area (Å²) in [6.07, 6.45) is 107. The van der Waals surface area contributed by atoms with E-state index in [0.717, 1.165) is 44.9 Å². The van der Waals surface area contributed by atoms with Crippen LogP contribution in [0.2, 0.25) is 0 Å². The molecule has 0 heterocycles. The largest absolute Gasteiger partial charge is 0.466 e. The lowest BCUT2D eigenvalue weighted by atomic mass is 10.0. The first kappa shape index (κ1) is 90.1. The van der Waals surface area contributed by atoms with Crippen molar-refractivity contribution in [3.05, 3.63) is 36.5 Å². The molecular formula is C86H165NO5. The van der Waals surface area contributed by atoms with Crippen LogP contribution in [0.5, 0.6) is 0 Å². The molecule has 0 aliphatic carbocycles. The average Bonchev–Trinajstić information content (AvgIpc) is 3.60. The molecule has 0 aliphatic heterocycles. The summed E-state index contributed by atoms with van der Waals surface area (Å²) < 4.78 is 5.52. The number of allylic oxidation sites excluding steroid dienone is 5. The van der Waals surface area contributed by atoms with Crippen LogP contribution in [-0.4, -0.2) is 47.4 Å². The van der Waals surface area contributed by atoms with Gasteiger partial charge in [0, 0.05) is 12.8 Å². The molecule has 0 fully saturated rings. The Morgan fingerprint density at radius 1 is 0.304 bits per heavy atom. The first-order valence-electron chi connectivity index (χ1n) is 42.3. The molecule has 6 nitrogen and oxygen atoms in total. The van der Waals surface area contributed by atoms with Crippen molar-refractivity contribution in [2.75, 3.05) is 13.2 Å². The molecule has 0 aromatic heterocycles. The van der Waals surface area contributed by atoms with E-state index in [9.17, 15) is 19.8 Å². The van der Waals surface area contributed by atoms with Crippen molar-refractivity contribution in [2.45, 2.75) is 488 Å². The highest BCUT2D eigenvalue weighted by Crippen LogP contribution is 2.20. The van der Waals surface area contributed by atoms with Gasteiger partial charge in [0.05, 0.1) is 25.4 Å². The minimum absolute atomic E-state index is 0.0209. The van der Waals surface area contributed by atoms with Crippen LogP contribution in [0.25, 0.3) is 0 Å². The number of ether oxygens (including phenoxy) is 1. The number of carbonyl (C=O) groups excluding carboxylic acids is 2. The molecule has 0 bridgehead atoms. The van der Waals surface area contributed by atoms with Crippen molar-refractivity contribution in [1.82, 2.24) is 5.32 Å². The Labute approximate surface area is 576 Å². The van der Waals surface area contributed by atoms with E-state index in [1.165, 1.54) is 405 Å². The number of hydrogen-bond acceptors (Lipinski definition) is 5. The molecule has 0 aromatic rings. The summed E-state index contributed by atoms with van der Waals surface area (Å²) in [4.78, 5) is 24.7. The number of esters is 1. The average molecular weight is 1290 g/mol. The second-order valence-corrected chi connectivity index (χ2v) is 29.2. The van der Waals surface area contributed by atoms with E-state index in [-0.39, 0.29) is 18.5 Å². The number of rotatable bonds is 80. The van der Waals surface area contributed by atoms with Gasteiger partial charge in [-0.3, -0.25) is 9.59 Å². The lowest BCUT2D eigenvalue weighted by Gasteiger charge is -2.20. The van der Waals surface area contributed by atoms with Crippen LogP contribution in [-0.2, 0) is 14.3 Å². The van der Waals surface area contributed by atoms with Gasteiger partial charge in [0.15, 0.2) is 0 Å². The summed E-state index contributed by atoms with van der Waals surface area (Å²) in [5.74, 6) is -0.0371. The van der Waals surface area contributed by atoms with Crippen molar-refractivity contribution >= 4 is 11.9 Å². The summed E-state index contributed by atoms with van der Waals surface area (Å²) in [6, 6.07) is -0.623. The van der Waals surface area contributed by atoms with Gasteiger partial charge in [-0.05, 0) is 64.2 Å². The lowest BCUT2D eigenvalue weighted by molar-refractivity contribution is -0.143. The molecule has 2 atom stereocenters. The molecule has 0 rings (SSSR count). The van der Waals surface area contributed by atoms with Crippen molar-refractivity contribution in [3.63, 3.8) is 0 Å². The van der Waals surface area contributed by atoms with Gasteiger partial charge in [-0.1, -0.05) is 436 Å². The first-order valence-corrected chi connectivity index (χ1v) is 42.3. The summed E-state index contributed by atoms with van der Waals surface area (Å²) in [5.41, 5.74) is 0. The molecule has 0 saturated heterocycles. The molecule has 2 unspecified atom stereocenters. The fraction of sp³-hybridized carbons (Fsp3) is 0.907. The summed E-state index contributed by atoms with van der Waals surface area (Å²) in [5, 5.41) is 23.2. The third-order valence-corrected chi connectivity index (χ3v) is 19.9. The minimum Gasteiger partial charge on any atom is -0.466 e. The van der Waals surface area contributed by atoms with Crippen molar-refractivity contribution < 1.29 is 24.5 Å². The van der Waals surface area contributed by atoms with Crippen LogP contribution in [0.1, 0.15) is 476 Å². The zero-order valence-electron chi connectivity index (χ0n) is 62.6. The highest BCUT2D eigenvalue weighted by molar-refractivity contribution is 5.76. The molecule has 544 valence electrons. The topological polar surface area (TPSA) is 95.9 Å². The molecule has 0 saturated carbocycles. The zero-order chi connectivity index (χ0) is 66.3. The van der Waals surface area contributed by atoms with E-state index in [0.29, 0.717) is 19.4 Å². The van der Waals surface area contributed by atoms with Gasteiger partial charge in [0.25, 0.3) is 0 Å². The third kappa shape index (κ3) is 77.1. The van der Waals surface area contributed by atoms with E-state index in [2.05, 4.69) is 43.5 Å². The Hall–Kier alpha value is -1.92. The molecular weight excluding hydrogens is 1130 g/mol. The predicted molar refractivity (Wildman–Crippen MR) is 407 cm³/mol. The standard InChI is InChI=1S/C86H165NO5/c1-3-5-7-9-11-13-15-17-19-21-43-48-52-56-60-64-68-72-76-80-86(91)92-81-77-73-69-65-61-57-53-49-45-42-40-38-36-34-32-30-28-26-24-22-23-25-27-29-31-33-35-37-39-41-44-47-51-55-59-63-67-71-75-79-85(90)87-83(82-88)84(89)78-74-70-66-62-58-54-50-46-20-18-16-14-12-10-8-6-4-2/h11,13,17,19,74,78,83-84,88-89H,3-10,12,14-16,18,20-73,75-77,79-82H2,1-2H3,(H,87,90)/b13-11-,19-17-,78-74+.